The summed E-state index contributed by atoms with van der Waals surface area (Å²) in [6, 6.07) is 0. The number of hydrogen-bond acceptors (Lipinski definition) is 1. The third kappa shape index (κ3) is 3.20. The van der Waals surface area contributed by atoms with Crippen molar-refractivity contribution in [3.8, 4) is 0 Å². The minimum Gasteiger partial charge on any atom is -0.388 e. The molecule has 6 heavy (non-hydrogen) atoms. The maximum Gasteiger partial charge on any atom is 0.160 e. The SMILES string of the molecule is [N-]=[N+]=NC(N)=S. The monoisotopic (exact) mass is 102 g/mol. The summed E-state index contributed by atoms with van der Waals surface area (Å²) in [5.74, 6) is 0. The number of hydrogen-bond donors (Lipinski definition) is 1. The van der Waals surface area contributed by atoms with E-state index < -0.39 is 0 Å². The molecule has 2 N–H and O–H groups in total. The van der Waals surface area contributed by atoms with Gasteiger partial charge in [-0.1, -0.05) is 12.2 Å². The zero-order valence-corrected chi connectivity index (χ0v) is 3.64. The number of azide groups is 1. The van der Waals surface area contributed by atoms with Gasteiger partial charge in [-0.25, -0.2) is 0 Å². The summed E-state index contributed by atoms with van der Waals surface area (Å²) in [5, 5.41) is 2.65. The van der Waals surface area contributed by atoms with Crippen LogP contribution in [0.5, 0.6) is 0 Å². The maximum atomic E-state index is 7.53. The fourth-order valence-corrected chi connectivity index (χ4v) is 0.0806. The van der Waals surface area contributed by atoms with Crippen LogP contribution in [0.2, 0.25) is 0 Å². The van der Waals surface area contributed by atoms with Crippen LogP contribution in [0.1, 0.15) is 0 Å². The minimum absolute atomic E-state index is 0.169. The number of rotatable bonds is 0. The summed E-state index contributed by atoms with van der Waals surface area (Å²) in [5.41, 5.74) is 12.2. The minimum atomic E-state index is -0.169. The summed E-state index contributed by atoms with van der Waals surface area (Å²) >= 11 is 4.15. The van der Waals surface area contributed by atoms with Crippen molar-refractivity contribution in [2.24, 2.45) is 10.8 Å². The molecule has 5 heteroatoms. The van der Waals surface area contributed by atoms with E-state index in [1.807, 2.05) is 0 Å². The van der Waals surface area contributed by atoms with E-state index in [0.29, 0.717) is 0 Å². The van der Waals surface area contributed by atoms with E-state index in [1.54, 1.807) is 0 Å². The average Bonchev–Trinajstić information content (AvgIpc) is 1.35. The molecule has 0 aliphatic rings. The van der Waals surface area contributed by atoms with Gasteiger partial charge in [0.05, 0.1) is 0 Å². The molecule has 0 spiro atoms. The predicted molar refractivity (Wildman–Crippen MR) is 25.9 cm³/mol. The van der Waals surface area contributed by atoms with Crippen LogP contribution in [0.25, 0.3) is 10.4 Å². The largest absolute Gasteiger partial charge is 0.388 e. The molecule has 32 valence electrons. The summed E-state index contributed by atoms with van der Waals surface area (Å²) < 4.78 is 0. The van der Waals surface area contributed by atoms with Crippen LogP contribution >= 0.6 is 12.2 Å². The summed E-state index contributed by atoms with van der Waals surface area (Å²) in [6.45, 7) is 0. The predicted octanol–water partition coefficient (Wildman–Crippen LogP) is 0.540. The van der Waals surface area contributed by atoms with E-state index in [0.717, 1.165) is 0 Å². The molecule has 0 amide bonds. The maximum absolute atomic E-state index is 7.53. The lowest BCUT2D eigenvalue weighted by Gasteiger charge is -1.69. The molecule has 0 bridgehead atoms. The highest BCUT2D eigenvalue weighted by Crippen LogP contribution is 1.65. The van der Waals surface area contributed by atoms with E-state index in [1.165, 1.54) is 0 Å². The lowest BCUT2D eigenvalue weighted by Crippen LogP contribution is -2.00. The van der Waals surface area contributed by atoms with Crippen molar-refractivity contribution in [2.45, 2.75) is 0 Å². The normalized spacial score (nSPS) is 6.00. The van der Waals surface area contributed by atoms with Crippen LogP contribution in [-0.2, 0) is 0 Å². The van der Waals surface area contributed by atoms with Gasteiger partial charge >= 0.3 is 0 Å². The molecule has 0 unspecified atom stereocenters. The molecule has 0 heterocycles. The highest BCUT2D eigenvalue weighted by molar-refractivity contribution is 7.80. The van der Waals surface area contributed by atoms with E-state index in [2.05, 4.69) is 22.2 Å². The third-order valence-corrected chi connectivity index (χ3v) is 0.225. The fraction of sp³-hybridized carbons (Fsp3) is 0. The Hall–Kier alpha value is -0.800. The molecule has 0 saturated carbocycles. The van der Waals surface area contributed by atoms with Crippen molar-refractivity contribution in [1.82, 2.24) is 0 Å². The third-order valence-electron chi connectivity index (χ3n) is 0.143. The molecule has 0 radical (unpaired) electrons. The molecule has 0 aliphatic heterocycles. The van der Waals surface area contributed by atoms with Crippen LogP contribution < -0.4 is 5.73 Å². The summed E-state index contributed by atoms with van der Waals surface area (Å²) in [4.78, 5) is 2.29. The van der Waals surface area contributed by atoms with Crippen molar-refractivity contribution in [3.05, 3.63) is 10.4 Å². The van der Waals surface area contributed by atoms with Gasteiger partial charge in [-0.2, -0.15) is 0 Å². The zero-order chi connectivity index (χ0) is 4.99. The number of thiocarbonyl (C=S) groups is 1. The standard InChI is InChI=1S/CH2N4S/c2-1(6)4-5-3/h(H2,2,6). The highest BCUT2D eigenvalue weighted by atomic mass is 32.1. The Morgan fingerprint density at radius 2 is 2.50 bits per heavy atom. The quantitative estimate of drug-likeness (QED) is 0.210. The van der Waals surface area contributed by atoms with Gasteiger partial charge < -0.3 is 5.73 Å². The summed E-state index contributed by atoms with van der Waals surface area (Å²) in [6.07, 6.45) is 0. The first-order valence-electron chi connectivity index (χ1n) is 1.12. The topological polar surface area (TPSA) is 74.8 Å². The Morgan fingerprint density at radius 1 is 2.00 bits per heavy atom. The first-order chi connectivity index (χ1) is 2.77. The molecular weight excluding hydrogens is 100 g/mol. The van der Waals surface area contributed by atoms with Gasteiger partial charge in [0.25, 0.3) is 0 Å². The van der Waals surface area contributed by atoms with Crippen LogP contribution in [-0.4, -0.2) is 5.11 Å². The zero-order valence-electron chi connectivity index (χ0n) is 2.83. The second kappa shape index (κ2) is 2.44. The van der Waals surface area contributed by atoms with Crippen LogP contribution in [0, 0.1) is 0 Å². The van der Waals surface area contributed by atoms with Gasteiger partial charge in [0.15, 0.2) is 5.11 Å². The van der Waals surface area contributed by atoms with Gasteiger partial charge in [0.1, 0.15) is 0 Å². The molecule has 0 aromatic rings. The van der Waals surface area contributed by atoms with E-state index >= 15 is 0 Å². The van der Waals surface area contributed by atoms with E-state index in [9.17, 15) is 0 Å². The second-order valence-electron chi connectivity index (χ2n) is 0.528. The smallest absolute Gasteiger partial charge is 0.160 e. The van der Waals surface area contributed by atoms with Crippen molar-refractivity contribution in [1.29, 1.82) is 0 Å². The van der Waals surface area contributed by atoms with E-state index in [4.69, 9.17) is 11.3 Å². The van der Waals surface area contributed by atoms with Crippen molar-refractivity contribution in [2.75, 3.05) is 0 Å². The molecule has 0 aliphatic carbocycles. The lowest BCUT2D eigenvalue weighted by molar-refractivity contribution is 1.57. The number of nitrogens with two attached hydrogens (primary N) is 1. The Balaban J connectivity index is 3.60. The van der Waals surface area contributed by atoms with Crippen molar-refractivity contribution >= 4 is 17.3 Å². The van der Waals surface area contributed by atoms with Crippen LogP contribution in [0.4, 0.5) is 0 Å². The Bertz CT molecular complexity index is 100. The lowest BCUT2D eigenvalue weighted by atomic mass is 11.2. The first kappa shape index (κ1) is 5.20. The molecule has 0 aromatic carbocycles. The molecule has 0 rings (SSSR count). The summed E-state index contributed by atoms with van der Waals surface area (Å²) in [7, 11) is 0. The number of nitrogens with zero attached hydrogens (tertiary/aromatic N) is 3. The Morgan fingerprint density at radius 3 is 2.50 bits per heavy atom. The Labute approximate surface area is 39.6 Å². The van der Waals surface area contributed by atoms with Gasteiger partial charge in [0.2, 0.25) is 0 Å². The molecule has 0 saturated heterocycles. The van der Waals surface area contributed by atoms with Crippen LogP contribution in [0.3, 0.4) is 0 Å². The van der Waals surface area contributed by atoms with Crippen molar-refractivity contribution in [3.63, 3.8) is 0 Å². The fourth-order valence-electron chi connectivity index (χ4n) is 0.0441. The van der Waals surface area contributed by atoms with E-state index in [-0.39, 0.29) is 5.11 Å². The molecule has 0 fully saturated rings. The molecule has 4 nitrogen and oxygen atoms in total. The van der Waals surface area contributed by atoms with Gasteiger partial charge in [-0.15, -0.1) is 0 Å². The first-order valence-corrected chi connectivity index (χ1v) is 1.52. The van der Waals surface area contributed by atoms with Crippen LogP contribution in [0.15, 0.2) is 5.11 Å². The molecular formula is CH2N4S. The van der Waals surface area contributed by atoms with Gasteiger partial charge in [0, 0.05) is 4.91 Å². The van der Waals surface area contributed by atoms with Gasteiger partial charge in [-0.3, -0.25) is 0 Å². The molecule has 0 aromatic heterocycles. The highest BCUT2D eigenvalue weighted by Gasteiger charge is 1.68. The molecule has 0 atom stereocenters. The second-order valence-corrected chi connectivity index (χ2v) is 0.946. The average molecular weight is 102 g/mol. The van der Waals surface area contributed by atoms with Crippen molar-refractivity contribution < 1.29 is 0 Å². The Kier molecular flexibility index (Phi) is 2.11. The van der Waals surface area contributed by atoms with Gasteiger partial charge in [-0.05, 0) is 10.6 Å².